The van der Waals surface area contributed by atoms with E-state index in [1.807, 2.05) is 6.08 Å². The molecule has 0 aromatic heterocycles. The van der Waals surface area contributed by atoms with Gasteiger partial charge in [-0.2, -0.15) is 0 Å². The molecule has 7 N–H and O–H groups in total. The van der Waals surface area contributed by atoms with Crippen LogP contribution < -0.4 is 5.73 Å². The third-order valence-corrected chi connectivity index (χ3v) is 6.05. The van der Waals surface area contributed by atoms with Gasteiger partial charge >= 0.3 is 0 Å². The Balaban J connectivity index is 2.10. The zero-order valence-corrected chi connectivity index (χ0v) is 19.7. The molecule has 0 saturated carbocycles. The topological polar surface area (TPSA) is 146 Å². The van der Waals surface area contributed by atoms with Gasteiger partial charge in [-0.1, -0.05) is 83.3 Å². The summed E-state index contributed by atoms with van der Waals surface area (Å²) < 4.78 is 10.6. The normalized spacial score (nSPS) is 28.3. The van der Waals surface area contributed by atoms with Crippen LogP contribution in [0.25, 0.3) is 0 Å². The van der Waals surface area contributed by atoms with Crippen LogP contribution in [-0.4, -0.2) is 81.6 Å². The van der Waals surface area contributed by atoms with E-state index < -0.39 is 49.5 Å². The molecule has 1 aliphatic heterocycles. The first kappa shape index (κ1) is 29.5. The number of rotatable bonds is 18. The number of hydrogen-bond acceptors (Lipinski definition) is 8. The third-order valence-electron chi connectivity index (χ3n) is 6.05. The van der Waals surface area contributed by atoms with Crippen molar-refractivity contribution in [1.29, 1.82) is 0 Å². The zero-order chi connectivity index (χ0) is 23.8. The Hall–Kier alpha value is -0.580. The molecule has 1 heterocycles. The maximum Gasteiger partial charge on any atom is 0.186 e. The Morgan fingerprint density at radius 2 is 1.44 bits per heavy atom. The summed E-state index contributed by atoms with van der Waals surface area (Å²) in [4.78, 5) is 0. The van der Waals surface area contributed by atoms with Crippen LogP contribution in [-0.2, 0) is 9.47 Å². The monoisotopic (exact) mass is 461 g/mol. The van der Waals surface area contributed by atoms with E-state index in [1.54, 1.807) is 6.08 Å². The van der Waals surface area contributed by atoms with E-state index in [0.717, 1.165) is 12.8 Å². The number of unbranched alkanes of at least 4 members (excludes halogenated alkanes) is 11. The fourth-order valence-corrected chi connectivity index (χ4v) is 3.81. The molecule has 1 aliphatic rings. The molecule has 1 fully saturated rings. The summed E-state index contributed by atoms with van der Waals surface area (Å²) in [7, 11) is 0. The van der Waals surface area contributed by atoms with Crippen LogP contribution in [0.4, 0.5) is 0 Å². The van der Waals surface area contributed by atoms with Crippen LogP contribution in [0.1, 0.15) is 84.0 Å². The average molecular weight is 462 g/mol. The molecule has 7 atom stereocenters. The van der Waals surface area contributed by atoms with Crippen molar-refractivity contribution in [2.45, 2.75) is 127 Å². The van der Waals surface area contributed by atoms with Crippen molar-refractivity contribution in [2.75, 3.05) is 13.2 Å². The number of nitrogens with two attached hydrogens (primary N) is 1. The highest BCUT2D eigenvalue weighted by atomic mass is 16.7. The molecule has 0 radical (unpaired) electrons. The van der Waals surface area contributed by atoms with Crippen molar-refractivity contribution >= 4 is 0 Å². The average Bonchev–Trinajstić information content (AvgIpc) is 2.79. The van der Waals surface area contributed by atoms with E-state index in [4.69, 9.17) is 15.2 Å². The second kappa shape index (κ2) is 17.8. The number of aliphatic hydroxyl groups excluding tert-OH is 5. The van der Waals surface area contributed by atoms with Crippen molar-refractivity contribution in [3.05, 3.63) is 12.2 Å². The summed E-state index contributed by atoms with van der Waals surface area (Å²) in [5, 5.41) is 48.8. The van der Waals surface area contributed by atoms with Crippen molar-refractivity contribution in [3.63, 3.8) is 0 Å². The Morgan fingerprint density at radius 1 is 0.875 bits per heavy atom. The van der Waals surface area contributed by atoms with Crippen LogP contribution in [0.5, 0.6) is 0 Å². The minimum atomic E-state index is -1.50. The van der Waals surface area contributed by atoms with E-state index in [9.17, 15) is 25.5 Å². The highest BCUT2D eigenvalue weighted by Crippen LogP contribution is 2.22. The van der Waals surface area contributed by atoms with E-state index in [0.29, 0.717) is 0 Å². The van der Waals surface area contributed by atoms with Crippen molar-refractivity contribution in [2.24, 2.45) is 5.73 Å². The quantitative estimate of drug-likeness (QED) is 0.134. The molecule has 0 spiro atoms. The predicted octanol–water partition coefficient (Wildman–Crippen LogP) is 1.75. The number of allylic oxidation sites excluding steroid dienone is 1. The Bertz CT molecular complexity index is 477. The van der Waals surface area contributed by atoms with Gasteiger partial charge in [0.15, 0.2) is 6.29 Å². The fourth-order valence-electron chi connectivity index (χ4n) is 3.81. The molecule has 0 amide bonds. The van der Waals surface area contributed by atoms with Crippen LogP contribution >= 0.6 is 0 Å². The summed E-state index contributed by atoms with van der Waals surface area (Å²) in [6.45, 7) is 1.60. The minimum absolute atomic E-state index is 0.118. The highest BCUT2D eigenvalue weighted by Gasteiger charge is 2.44. The summed E-state index contributed by atoms with van der Waals surface area (Å²) in [5.74, 6) is 0. The lowest BCUT2D eigenvalue weighted by Gasteiger charge is -2.39. The second-order valence-electron chi connectivity index (χ2n) is 8.94. The van der Waals surface area contributed by atoms with Gasteiger partial charge in [-0.3, -0.25) is 0 Å². The predicted molar refractivity (Wildman–Crippen MR) is 124 cm³/mol. The molecule has 0 bridgehead atoms. The van der Waals surface area contributed by atoms with Gasteiger partial charge in [-0.05, 0) is 12.8 Å². The van der Waals surface area contributed by atoms with E-state index in [2.05, 4.69) is 6.92 Å². The summed E-state index contributed by atoms with van der Waals surface area (Å²) in [5.41, 5.74) is 5.93. The molecule has 0 aliphatic carbocycles. The SMILES string of the molecule is CCCCCCCCCCCCC/C=C/[C@H](O)[C@@H](N)CO[C@@H]1O[C@H](CO)[C@H](O)[C@H](O)[C@H]1O. The number of aliphatic hydroxyl groups is 5. The molecule has 8 heteroatoms. The first-order valence-corrected chi connectivity index (χ1v) is 12.4. The highest BCUT2D eigenvalue weighted by molar-refractivity contribution is 4.94. The zero-order valence-electron chi connectivity index (χ0n) is 19.7. The van der Waals surface area contributed by atoms with Gasteiger partial charge in [0.25, 0.3) is 0 Å². The number of hydrogen-bond donors (Lipinski definition) is 6. The molecule has 190 valence electrons. The van der Waals surface area contributed by atoms with Gasteiger partial charge in [0.2, 0.25) is 0 Å². The molecule has 8 nitrogen and oxygen atoms in total. The lowest BCUT2D eigenvalue weighted by Crippen LogP contribution is -2.59. The molecule has 0 aromatic rings. The van der Waals surface area contributed by atoms with Crippen LogP contribution in [0, 0.1) is 0 Å². The number of ether oxygens (including phenoxy) is 2. The fraction of sp³-hybridized carbons (Fsp3) is 0.917. The molecule has 1 saturated heterocycles. The van der Waals surface area contributed by atoms with Crippen molar-refractivity contribution in [1.82, 2.24) is 0 Å². The van der Waals surface area contributed by atoms with Gasteiger partial charge < -0.3 is 40.7 Å². The second-order valence-corrected chi connectivity index (χ2v) is 8.94. The van der Waals surface area contributed by atoms with Crippen LogP contribution in [0.15, 0.2) is 12.2 Å². The lowest BCUT2D eigenvalue weighted by molar-refractivity contribution is -0.302. The maximum atomic E-state index is 10.2. The first-order chi connectivity index (χ1) is 15.4. The van der Waals surface area contributed by atoms with Gasteiger partial charge in [0.05, 0.1) is 25.4 Å². The summed E-state index contributed by atoms with van der Waals surface area (Å²) >= 11 is 0. The van der Waals surface area contributed by atoms with Gasteiger partial charge in [-0.15, -0.1) is 0 Å². The van der Waals surface area contributed by atoms with Gasteiger partial charge in [0, 0.05) is 0 Å². The molecule has 1 rings (SSSR count). The summed E-state index contributed by atoms with van der Waals surface area (Å²) in [6.07, 6.45) is 11.1. The molecule has 32 heavy (non-hydrogen) atoms. The van der Waals surface area contributed by atoms with Crippen LogP contribution in [0.2, 0.25) is 0 Å². The Labute approximate surface area is 193 Å². The molecule has 0 unspecified atom stereocenters. The Morgan fingerprint density at radius 3 is 2.00 bits per heavy atom. The Kier molecular flexibility index (Phi) is 16.4. The standard InChI is InChI=1S/C24H47NO7/c1-2-3-4-5-6-7-8-9-10-11-12-13-14-15-19(27)18(25)17-31-24-23(30)22(29)21(28)20(16-26)32-24/h14-15,18-24,26-30H,2-13,16-17,25H2,1H3/b15-14+/t18-,19-,20+,21-,22-,23+,24+/m0/s1. The van der Waals surface area contributed by atoms with E-state index in [1.165, 1.54) is 64.2 Å². The molecular formula is C24H47NO7. The summed E-state index contributed by atoms with van der Waals surface area (Å²) in [6, 6.07) is -0.740. The van der Waals surface area contributed by atoms with Crippen LogP contribution in [0.3, 0.4) is 0 Å². The van der Waals surface area contributed by atoms with Crippen molar-refractivity contribution in [3.8, 4) is 0 Å². The van der Waals surface area contributed by atoms with E-state index >= 15 is 0 Å². The largest absolute Gasteiger partial charge is 0.394 e. The van der Waals surface area contributed by atoms with Gasteiger partial charge in [0.1, 0.15) is 24.4 Å². The third kappa shape index (κ3) is 11.5. The lowest BCUT2D eigenvalue weighted by atomic mass is 9.99. The molecule has 0 aromatic carbocycles. The van der Waals surface area contributed by atoms with E-state index in [-0.39, 0.29) is 6.61 Å². The maximum absolute atomic E-state index is 10.2. The smallest absolute Gasteiger partial charge is 0.186 e. The molecular weight excluding hydrogens is 414 g/mol. The van der Waals surface area contributed by atoms with Gasteiger partial charge in [-0.25, -0.2) is 0 Å². The minimum Gasteiger partial charge on any atom is -0.394 e. The first-order valence-electron chi connectivity index (χ1n) is 12.4. The van der Waals surface area contributed by atoms with Crippen molar-refractivity contribution < 1.29 is 35.0 Å².